The molecule has 0 aromatic heterocycles. The van der Waals surface area contributed by atoms with Gasteiger partial charge in [-0.25, -0.2) is 0 Å². The van der Waals surface area contributed by atoms with Crippen LogP contribution < -0.4 is 0 Å². The van der Waals surface area contributed by atoms with Crippen molar-refractivity contribution in [3.8, 4) is 0 Å². The predicted molar refractivity (Wildman–Crippen MR) is 69.9 cm³/mol. The summed E-state index contributed by atoms with van der Waals surface area (Å²) in [6.45, 7) is 8.76. The zero-order chi connectivity index (χ0) is 12.7. The van der Waals surface area contributed by atoms with Crippen molar-refractivity contribution in [3.05, 3.63) is 0 Å². The van der Waals surface area contributed by atoms with Crippen LogP contribution in [0.15, 0.2) is 0 Å². The first kappa shape index (κ1) is 13.4. The summed E-state index contributed by atoms with van der Waals surface area (Å²) < 4.78 is 6.29. The SMILES string of the molecule is CC(C)(C)OC1CCCC2C(O)CCCC12C. The minimum Gasteiger partial charge on any atom is -0.393 e. The van der Waals surface area contributed by atoms with E-state index in [1.807, 2.05) is 0 Å². The zero-order valence-electron chi connectivity index (χ0n) is 11.8. The van der Waals surface area contributed by atoms with Gasteiger partial charge < -0.3 is 9.84 Å². The summed E-state index contributed by atoms with van der Waals surface area (Å²) in [7, 11) is 0. The van der Waals surface area contributed by atoms with Crippen LogP contribution in [0.5, 0.6) is 0 Å². The molecule has 0 bridgehead atoms. The van der Waals surface area contributed by atoms with Gasteiger partial charge in [0.2, 0.25) is 0 Å². The third-order valence-corrected chi connectivity index (χ3v) is 4.74. The highest BCUT2D eigenvalue weighted by Crippen LogP contribution is 2.52. The lowest BCUT2D eigenvalue weighted by atomic mass is 9.58. The first-order valence-electron chi connectivity index (χ1n) is 7.19. The standard InChI is InChI=1S/C15H28O2/c1-14(2,3)17-13-9-5-7-11-12(16)8-6-10-15(11,13)4/h11-13,16H,5-10H2,1-4H3. The van der Waals surface area contributed by atoms with Crippen LogP contribution in [0.25, 0.3) is 0 Å². The van der Waals surface area contributed by atoms with Crippen LogP contribution in [-0.2, 0) is 4.74 Å². The lowest BCUT2D eigenvalue weighted by molar-refractivity contribution is -0.178. The molecule has 2 aliphatic carbocycles. The average molecular weight is 240 g/mol. The van der Waals surface area contributed by atoms with E-state index in [0.717, 1.165) is 19.3 Å². The zero-order valence-corrected chi connectivity index (χ0v) is 11.8. The predicted octanol–water partition coefficient (Wildman–Crippen LogP) is 3.52. The minimum atomic E-state index is -0.0971. The first-order chi connectivity index (χ1) is 7.83. The number of hydrogen-bond acceptors (Lipinski definition) is 2. The molecule has 0 aliphatic heterocycles. The third kappa shape index (κ3) is 2.68. The van der Waals surface area contributed by atoms with Crippen molar-refractivity contribution in [1.29, 1.82) is 0 Å². The number of hydrogen-bond donors (Lipinski definition) is 1. The molecule has 2 aliphatic rings. The molecule has 2 heteroatoms. The largest absolute Gasteiger partial charge is 0.393 e. The molecule has 4 unspecified atom stereocenters. The number of aliphatic hydroxyl groups excluding tert-OH is 1. The number of rotatable bonds is 1. The molecule has 2 saturated carbocycles. The molecule has 1 N–H and O–H groups in total. The van der Waals surface area contributed by atoms with Gasteiger partial charge in [0, 0.05) is 0 Å². The molecule has 2 rings (SSSR count). The summed E-state index contributed by atoms with van der Waals surface area (Å²) in [4.78, 5) is 0. The third-order valence-electron chi connectivity index (χ3n) is 4.74. The summed E-state index contributed by atoms with van der Waals surface area (Å²) >= 11 is 0. The lowest BCUT2D eigenvalue weighted by Crippen LogP contribution is -2.52. The molecule has 0 aromatic rings. The smallest absolute Gasteiger partial charge is 0.0639 e. The molecular formula is C15H28O2. The van der Waals surface area contributed by atoms with Crippen molar-refractivity contribution >= 4 is 0 Å². The Kier molecular flexibility index (Phi) is 3.57. The van der Waals surface area contributed by atoms with E-state index in [1.54, 1.807) is 0 Å². The van der Waals surface area contributed by atoms with Gasteiger partial charge in [-0.05, 0) is 57.8 Å². The summed E-state index contributed by atoms with van der Waals surface area (Å²) in [5, 5.41) is 10.2. The number of ether oxygens (including phenoxy) is 1. The van der Waals surface area contributed by atoms with Gasteiger partial charge in [-0.2, -0.15) is 0 Å². The lowest BCUT2D eigenvalue weighted by Gasteiger charge is -2.53. The number of fused-ring (bicyclic) bond motifs is 1. The maximum absolute atomic E-state index is 10.2. The molecule has 0 radical (unpaired) electrons. The fraction of sp³-hybridized carbons (Fsp3) is 1.00. The summed E-state index contributed by atoms with van der Waals surface area (Å²) in [5.41, 5.74) is 0.126. The Hall–Kier alpha value is -0.0800. The van der Waals surface area contributed by atoms with Gasteiger partial charge in [-0.15, -0.1) is 0 Å². The molecule has 0 saturated heterocycles. The molecule has 0 heterocycles. The molecule has 0 aromatic carbocycles. The van der Waals surface area contributed by atoms with Crippen molar-refractivity contribution < 1.29 is 9.84 Å². The van der Waals surface area contributed by atoms with Crippen LogP contribution in [-0.4, -0.2) is 22.9 Å². The van der Waals surface area contributed by atoms with Crippen LogP contribution in [0.4, 0.5) is 0 Å². The van der Waals surface area contributed by atoms with Crippen LogP contribution >= 0.6 is 0 Å². The highest BCUT2D eigenvalue weighted by Gasteiger charge is 2.49. The van der Waals surface area contributed by atoms with Crippen molar-refractivity contribution in [2.75, 3.05) is 0 Å². The summed E-state index contributed by atoms with van der Waals surface area (Å²) in [5.74, 6) is 0.456. The normalized spacial score (nSPS) is 43.2. The van der Waals surface area contributed by atoms with Crippen LogP contribution in [0.3, 0.4) is 0 Å². The van der Waals surface area contributed by atoms with Crippen molar-refractivity contribution in [3.63, 3.8) is 0 Å². The first-order valence-corrected chi connectivity index (χ1v) is 7.19. The van der Waals surface area contributed by atoms with E-state index >= 15 is 0 Å². The van der Waals surface area contributed by atoms with E-state index in [9.17, 15) is 5.11 Å². The summed E-state index contributed by atoms with van der Waals surface area (Å²) in [6.07, 6.45) is 7.14. The van der Waals surface area contributed by atoms with Crippen LogP contribution in [0, 0.1) is 11.3 Å². The minimum absolute atomic E-state index is 0.0715. The molecule has 2 nitrogen and oxygen atoms in total. The Morgan fingerprint density at radius 1 is 1.12 bits per heavy atom. The van der Waals surface area contributed by atoms with E-state index < -0.39 is 0 Å². The maximum atomic E-state index is 10.2. The van der Waals surface area contributed by atoms with Crippen LogP contribution in [0.2, 0.25) is 0 Å². The fourth-order valence-corrected chi connectivity index (χ4v) is 3.91. The fourth-order valence-electron chi connectivity index (χ4n) is 3.91. The van der Waals surface area contributed by atoms with Crippen molar-refractivity contribution in [1.82, 2.24) is 0 Å². The number of aliphatic hydroxyl groups is 1. The van der Waals surface area contributed by atoms with E-state index in [1.165, 1.54) is 19.3 Å². The Labute approximate surface area is 106 Å². The van der Waals surface area contributed by atoms with Gasteiger partial charge in [-0.1, -0.05) is 19.8 Å². The van der Waals surface area contributed by atoms with Crippen molar-refractivity contribution in [2.45, 2.75) is 84.0 Å². The Balaban J connectivity index is 2.16. The summed E-state index contributed by atoms with van der Waals surface area (Å²) in [6, 6.07) is 0. The second-order valence-electron chi connectivity index (χ2n) is 7.22. The topological polar surface area (TPSA) is 29.5 Å². The highest BCUT2D eigenvalue weighted by atomic mass is 16.5. The van der Waals surface area contributed by atoms with E-state index in [-0.39, 0.29) is 17.1 Å². The van der Waals surface area contributed by atoms with Crippen LogP contribution in [0.1, 0.15) is 66.2 Å². The van der Waals surface area contributed by atoms with Gasteiger partial charge in [0.15, 0.2) is 0 Å². The highest BCUT2D eigenvalue weighted by molar-refractivity contribution is 4.99. The maximum Gasteiger partial charge on any atom is 0.0639 e. The van der Waals surface area contributed by atoms with Gasteiger partial charge in [0.25, 0.3) is 0 Å². The van der Waals surface area contributed by atoms with Gasteiger partial charge in [0.1, 0.15) is 0 Å². The van der Waals surface area contributed by atoms with E-state index in [0.29, 0.717) is 12.0 Å². The molecule has 0 spiro atoms. The Morgan fingerprint density at radius 2 is 1.82 bits per heavy atom. The monoisotopic (exact) mass is 240 g/mol. The average Bonchev–Trinajstić information content (AvgIpc) is 2.18. The molecule has 4 atom stereocenters. The quantitative estimate of drug-likeness (QED) is 0.760. The second-order valence-corrected chi connectivity index (χ2v) is 7.22. The molecule has 100 valence electrons. The Bertz CT molecular complexity index is 269. The van der Waals surface area contributed by atoms with Gasteiger partial charge in [-0.3, -0.25) is 0 Å². The molecule has 17 heavy (non-hydrogen) atoms. The molecule has 0 amide bonds. The van der Waals surface area contributed by atoms with Gasteiger partial charge in [0.05, 0.1) is 17.8 Å². The second kappa shape index (κ2) is 4.55. The van der Waals surface area contributed by atoms with E-state index in [4.69, 9.17) is 4.74 Å². The Morgan fingerprint density at radius 3 is 2.47 bits per heavy atom. The molecular weight excluding hydrogens is 212 g/mol. The van der Waals surface area contributed by atoms with Gasteiger partial charge >= 0.3 is 0 Å². The molecule has 2 fully saturated rings. The van der Waals surface area contributed by atoms with E-state index in [2.05, 4.69) is 27.7 Å². The van der Waals surface area contributed by atoms with Crippen molar-refractivity contribution in [2.24, 2.45) is 11.3 Å².